The molecule has 2 aliphatic rings. The number of fused-ring (bicyclic) bond motifs is 5. The Bertz CT molecular complexity index is 1980. The SMILES string of the molecule is CCCN1C(=O)C2(c3ccccc31)c1c(oc3ccc(F)cc3c1=O)C(=O)N2c1nnc(SCc2ccc(Cl)cc2)s1. The van der Waals surface area contributed by atoms with Crippen LogP contribution in [0, 0.1) is 5.82 Å². The van der Waals surface area contributed by atoms with E-state index in [0.717, 1.165) is 29.0 Å². The summed E-state index contributed by atoms with van der Waals surface area (Å²) in [6.45, 7) is 2.30. The van der Waals surface area contributed by atoms with Crippen LogP contribution < -0.4 is 15.2 Å². The molecule has 12 heteroatoms. The number of thioether (sulfide) groups is 1. The van der Waals surface area contributed by atoms with Gasteiger partial charge < -0.3 is 9.32 Å². The fourth-order valence-electron chi connectivity index (χ4n) is 5.66. The van der Waals surface area contributed by atoms with Gasteiger partial charge >= 0.3 is 0 Å². The number of rotatable bonds is 6. The molecule has 2 aromatic heterocycles. The summed E-state index contributed by atoms with van der Waals surface area (Å²) in [6.07, 6.45) is 0.638. The highest BCUT2D eigenvalue weighted by Gasteiger charge is 2.66. The number of halogens is 2. The summed E-state index contributed by atoms with van der Waals surface area (Å²) < 4.78 is 20.8. The van der Waals surface area contributed by atoms with Crippen molar-refractivity contribution in [1.29, 1.82) is 0 Å². The monoisotopic (exact) mass is 618 g/mol. The maximum Gasteiger partial charge on any atom is 0.297 e. The van der Waals surface area contributed by atoms with Crippen molar-refractivity contribution in [3.8, 4) is 0 Å². The Balaban J connectivity index is 1.43. The molecule has 0 bridgehead atoms. The van der Waals surface area contributed by atoms with E-state index in [1.165, 1.54) is 22.7 Å². The number of benzene rings is 3. The first-order valence-electron chi connectivity index (χ1n) is 13.1. The average molecular weight is 619 g/mol. The molecule has 4 heterocycles. The standard InChI is InChI=1S/C30H20ClFN4O4S2/c1-2-13-35-21-6-4-3-5-20(21)30(27(35)39)23-24(37)19-14-18(32)11-12-22(19)40-25(23)26(38)36(30)28-33-34-29(42-28)41-15-16-7-9-17(31)10-8-16/h3-12,14H,2,13,15H2,1H3. The van der Waals surface area contributed by atoms with Crippen LogP contribution in [0.5, 0.6) is 0 Å². The molecule has 0 fully saturated rings. The normalized spacial score (nSPS) is 17.5. The summed E-state index contributed by atoms with van der Waals surface area (Å²) in [5, 5.41) is 9.34. The lowest BCUT2D eigenvalue weighted by molar-refractivity contribution is -0.121. The largest absolute Gasteiger partial charge is 0.450 e. The molecule has 2 aliphatic heterocycles. The Kier molecular flexibility index (Phi) is 6.41. The average Bonchev–Trinajstić information content (AvgIpc) is 3.63. The van der Waals surface area contributed by atoms with Gasteiger partial charge in [-0.05, 0) is 48.4 Å². The van der Waals surface area contributed by atoms with E-state index in [2.05, 4.69) is 10.2 Å². The summed E-state index contributed by atoms with van der Waals surface area (Å²) in [5.41, 5.74) is -0.592. The predicted octanol–water partition coefficient (Wildman–Crippen LogP) is 6.39. The third-order valence-corrected chi connectivity index (χ3v) is 9.76. The Hall–Kier alpha value is -4.06. The number of carbonyl (C=O) groups excluding carboxylic acids is 2. The lowest BCUT2D eigenvalue weighted by Gasteiger charge is -2.32. The van der Waals surface area contributed by atoms with Crippen LogP contribution in [-0.2, 0) is 16.1 Å². The summed E-state index contributed by atoms with van der Waals surface area (Å²) in [4.78, 5) is 45.8. The molecule has 1 atom stereocenters. The Labute approximate surface area is 251 Å². The fourth-order valence-corrected chi connectivity index (χ4v) is 7.63. The second-order valence-corrected chi connectivity index (χ2v) is 12.5. The fraction of sp³-hybridized carbons (Fsp3) is 0.167. The number of para-hydroxylation sites is 1. The van der Waals surface area contributed by atoms with Gasteiger partial charge in [-0.25, -0.2) is 4.39 Å². The van der Waals surface area contributed by atoms with Crippen LogP contribution in [0.15, 0.2) is 80.3 Å². The Morgan fingerprint density at radius 2 is 1.83 bits per heavy atom. The lowest BCUT2D eigenvalue weighted by Crippen LogP contribution is -2.53. The number of anilines is 2. The van der Waals surface area contributed by atoms with Gasteiger partial charge in [-0.15, -0.1) is 10.2 Å². The topological polar surface area (TPSA) is 96.6 Å². The summed E-state index contributed by atoms with van der Waals surface area (Å²) in [7, 11) is 0. The van der Waals surface area contributed by atoms with Gasteiger partial charge in [-0.1, -0.05) is 72.0 Å². The molecule has 1 unspecified atom stereocenters. The van der Waals surface area contributed by atoms with Crippen LogP contribution in [0.1, 0.15) is 40.6 Å². The van der Waals surface area contributed by atoms with Crippen LogP contribution >= 0.6 is 34.7 Å². The van der Waals surface area contributed by atoms with E-state index in [-0.39, 0.29) is 27.4 Å². The van der Waals surface area contributed by atoms with Crippen molar-refractivity contribution in [2.24, 2.45) is 0 Å². The van der Waals surface area contributed by atoms with Crippen LogP contribution in [-0.4, -0.2) is 28.6 Å². The third-order valence-electron chi connectivity index (χ3n) is 7.40. The van der Waals surface area contributed by atoms with Gasteiger partial charge in [-0.2, -0.15) is 0 Å². The number of hydrogen-bond donors (Lipinski definition) is 0. The molecular formula is C30H20ClFN4O4S2. The van der Waals surface area contributed by atoms with Crippen LogP contribution in [0.25, 0.3) is 11.0 Å². The maximum atomic E-state index is 14.6. The minimum absolute atomic E-state index is 0.0473. The first kappa shape index (κ1) is 26.8. The van der Waals surface area contributed by atoms with Gasteiger partial charge in [-0.3, -0.25) is 19.3 Å². The van der Waals surface area contributed by atoms with Gasteiger partial charge in [0.1, 0.15) is 11.4 Å². The predicted molar refractivity (Wildman–Crippen MR) is 160 cm³/mol. The van der Waals surface area contributed by atoms with Crippen LogP contribution in [0.3, 0.4) is 0 Å². The molecule has 1 spiro atoms. The van der Waals surface area contributed by atoms with E-state index in [4.69, 9.17) is 16.0 Å². The molecule has 210 valence electrons. The quantitative estimate of drug-likeness (QED) is 0.161. The molecule has 0 saturated carbocycles. The van der Waals surface area contributed by atoms with Crippen molar-refractivity contribution in [1.82, 2.24) is 10.2 Å². The molecule has 0 saturated heterocycles. The van der Waals surface area contributed by atoms with E-state index >= 15 is 0 Å². The number of hydrogen-bond acceptors (Lipinski definition) is 8. The zero-order chi connectivity index (χ0) is 29.2. The molecule has 0 radical (unpaired) electrons. The first-order valence-corrected chi connectivity index (χ1v) is 15.3. The van der Waals surface area contributed by atoms with E-state index < -0.39 is 28.6 Å². The molecule has 0 N–H and O–H groups in total. The third kappa shape index (κ3) is 3.84. The van der Waals surface area contributed by atoms with E-state index in [1.807, 2.05) is 19.1 Å². The van der Waals surface area contributed by atoms with Crippen molar-refractivity contribution >= 4 is 68.3 Å². The van der Waals surface area contributed by atoms with Crippen molar-refractivity contribution in [2.45, 2.75) is 29.0 Å². The highest BCUT2D eigenvalue weighted by atomic mass is 35.5. The molecule has 0 aliphatic carbocycles. The second kappa shape index (κ2) is 10.0. The second-order valence-electron chi connectivity index (χ2n) is 9.87. The minimum atomic E-state index is -1.89. The van der Waals surface area contributed by atoms with Crippen molar-refractivity contribution in [2.75, 3.05) is 16.3 Å². The molecule has 2 amide bonds. The summed E-state index contributed by atoms with van der Waals surface area (Å²) in [5.74, 6) is -1.51. The molecule has 3 aromatic carbocycles. The highest BCUT2D eigenvalue weighted by Crippen LogP contribution is 2.54. The smallest absolute Gasteiger partial charge is 0.297 e. The molecule has 7 rings (SSSR count). The van der Waals surface area contributed by atoms with Gasteiger partial charge in [0, 0.05) is 22.9 Å². The summed E-state index contributed by atoms with van der Waals surface area (Å²) >= 11 is 8.56. The van der Waals surface area contributed by atoms with Crippen molar-refractivity contribution in [3.63, 3.8) is 0 Å². The lowest BCUT2D eigenvalue weighted by atomic mass is 9.84. The van der Waals surface area contributed by atoms with E-state index in [0.29, 0.717) is 39.3 Å². The van der Waals surface area contributed by atoms with Gasteiger partial charge in [0.15, 0.2) is 15.3 Å². The molecule has 8 nitrogen and oxygen atoms in total. The van der Waals surface area contributed by atoms with Gasteiger partial charge in [0.2, 0.25) is 10.9 Å². The Morgan fingerprint density at radius 3 is 2.62 bits per heavy atom. The Morgan fingerprint density at radius 1 is 1.05 bits per heavy atom. The zero-order valence-corrected chi connectivity index (χ0v) is 24.4. The molecular weight excluding hydrogens is 599 g/mol. The van der Waals surface area contributed by atoms with Gasteiger partial charge in [0.25, 0.3) is 11.8 Å². The van der Waals surface area contributed by atoms with Crippen molar-refractivity contribution < 1.29 is 18.4 Å². The molecule has 42 heavy (non-hydrogen) atoms. The number of amides is 2. The number of aromatic nitrogens is 2. The first-order chi connectivity index (χ1) is 20.3. The van der Waals surface area contributed by atoms with E-state index in [1.54, 1.807) is 41.3 Å². The van der Waals surface area contributed by atoms with Gasteiger partial charge in [0.05, 0.1) is 16.6 Å². The maximum absolute atomic E-state index is 14.6. The summed E-state index contributed by atoms with van der Waals surface area (Å²) in [6, 6.07) is 18.0. The van der Waals surface area contributed by atoms with E-state index in [9.17, 15) is 18.8 Å². The number of carbonyl (C=O) groups is 2. The minimum Gasteiger partial charge on any atom is -0.450 e. The van der Waals surface area contributed by atoms with Crippen LogP contribution in [0.2, 0.25) is 5.02 Å². The molecule has 5 aromatic rings. The highest BCUT2D eigenvalue weighted by molar-refractivity contribution is 8.00. The van der Waals surface area contributed by atoms with Crippen molar-refractivity contribution in [3.05, 3.63) is 110 Å². The number of nitrogens with zero attached hydrogens (tertiary/aromatic N) is 4. The van der Waals surface area contributed by atoms with Crippen LogP contribution in [0.4, 0.5) is 15.2 Å². The zero-order valence-electron chi connectivity index (χ0n) is 22.0.